The zero-order valence-electron chi connectivity index (χ0n) is 15.2. The number of carbonyl (C=O) groups is 2. The first-order chi connectivity index (χ1) is 12.3. The number of thiophene rings is 1. The van der Waals surface area contributed by atoms with E-state index in [0.717, 1.165) is 31.2 Å². The highest BCUT2D eigenvalue weighted by molar-refractivity contribution is 7.17. The Morgan fingerprint density at radius 1 is 1.31 bits per heavy atom. The lowest BCUT2D eigenvalue weighted by Gasteiger charge is -2.12. The van der Waals surface area contributed by atoms with Crippen LogP contribution in [0.15, 0.2) is 10.6 Å². The predicted molar refractivity (Wildman–Crippen MR) is 106 cm³/mol. The van der Waals surface area contributed by atoms with Crippen LogP contribution in [-0.2, 0) is 22.4 Å². The quantitative estimate of drug-likeness (QED) is 0.660. The van der Waals surface area contributed by atoms with Gasteiger partial charge in [0.25, 0.3) is 0 Å². The van der Waals surface area contributed by atoms with Gasteiger partial charge in [0.05, 0.1) is 18.1 Å². The van der Waals surface area contributed by atoms with E-state index in [1.54, 1.807) is 13.0 Å². The standard InChI is InChI=1S/C19H23Cl2NO3S/c1-4-25-18(24)14-10-7-5-6-8-12(10)26-17(14)22-16(23)15-11(9-13(20)21)19(15,2)3/h9,11,15H,4-8H2,1-3H3,(H,22,23)/t11-,15-/m1/s1. The fourth-order valence-electron chi connectivity index (χ4n) is 3.89. The van der Waals surface area contributed by atoms with E-state index in [0.29, 0.717) is 17.2 Å². The number of esters is 1. The third kappa shape index (κ3) is 3.67. The molecule has 0 aromatic carbocycles. The minimum absolute atomic E-state index is 0.00636. The number of allylic oxidation sites excluding steroid dienone is 1. The zero-order chi connectivity index (χ0) is 19.1. The van der Waals surface area contributed by atoms with E-state index in [1.807, 2.05) is 13.8 Å². The molecule has 1 aromatic rings. The molecule has 3 rings (SSSR count). The fraction of sp³-hybridized carbons (Fsp3) is 0.579. The summed E-state index contributed by atoms with van der Waals surface area (Å²) < 4.78 is 5.42. The van der Waals surface area contributed by atoms with Gasteiger partial charge in [0.1, 0.15) is 9.49 Å². The molecule has 142 valence electrons. The molecule has 1 N–H and O–H groups in total. The molecule has 4 nitrogen and oxygen atoms in total. The summed E-state index contributed by atoms with van der Waals surface area (Å²) in [7, 11) is 0. The summed E-state index contributed by atoms with van der Waals surface area (Å²) in [6.07, 6.45) is 5.70. The van der Waals surface area contributed by atoms with E-state index in [4.69, 9.17) is 27.9 Å². The lowest BCUT2D eigenvalue weighted by Crippen LogP contribution is -2.19. The number of aryl methyl sites for hydroxylation is 1. The average Bonchev–Trinajstić information content (AvgIpc) is 2.92. The molecular weight excluding hydrogens is 393 g/mol. The third-order valence-corrected chi connectivity index (χ3v) is 6.85. The van der Waals surface area contributed by atoms with Crippen LogP contribution in [0.3, 0.4) is 0 Å². The number of carbonyl (C=O) groups excluding carboxylic acids is 2. The second-order valence-corrected chi connectivity index (χ2v) is 9.52. The first-order valence-electron chi connectivity index (χ1n) is 8.92. The Balaban J connectivity index is 1.86. The highest BCUT2D eigenvalue weighted by atomic mass is 35.5. The Hall–Kier alpha value is -1.04. The van der Waals surface area contributed by atoms with E-state index < -0.39 is 0 Å². The minimum Gasteiger partial charge on any atom is -0.462 e. The molecule has 1 amide bonds. The van der Waals surface area contributed by atoms with E-state index >= 15 is 0 Å². The molecule has 0 unspecified atom stereocenters. The molecule has 1 saturated carbocycles. The molecule has 7 heteroatoms. The molecule has 1 fully saturated rings. The van der Waals surface area contributed by atoms with Crippen molar-refractivity contribution in [1.82, 2.24) is 0 Å². The highest BCUT2D eigenvalue weighted by Crippen LogP contribution is 2.60. The first-order valence-corrected chi connectivity index (χ1v) is 10.5. The Morgan fingerprint density at radius 3 is 2.65 bits per heavy atom. The fourth-order valence-corrected chi connectivity index (χ4v) is 5.44. The number of amides is 1. The molecule has 2 atom stereocenters. The number of hydrogen-bond donors (Lipinski definition) is 1. The van der Waals surface area contributed by atoms with Gasteiger partial charge in [-0.3, -0.25) is 4.79 Å². The summed E-state index contributed by atoms with van der Waals surface area (Å²) in [6, 6.07) is 0. The topological polar surface area (TPSA) is 55.4 Å². The van der Waals surface area contributed by atoms with Gasteiger partial charge in [-0.1, -0.05) is 37.0 Å². The predicted octanol–water partition coefficient (Wildman–Crippen LogP) is 5.33. The number of nitrogens with one attached hydrogen (secondary N) is 1. The van der Waals surface area contributed by atoms with Gasteiger partial charge in [0.15, 0.2) is 0 Å². The Labute approximate surface area is 167 Å². The molecule has 0 spiro atoms. The largest absolute Gasteiger partial charge is 0.462 e. The maximum absolute atomic E-state index is 12.9. The second kappa shape index (κ2) is 7.53. The van der Waals surface area contributed by atoms with E-state index in [2.05, 4.69) is 5.32 Å². The normalized spacial score (nSPS) is 23.0. The van der Waals surface area contributed by atoms with Crippen molar-refractivity contribution >= 4 is 51.4 Å². The summed E-state index contributed by atoms with van der Waals surface area (Å²) in [5.74, 6) is -0.676. The van der Waals surface area contributed by atoms with Gasteiger partial charge < -0.3 is 10.1 Å². The lowest BCUT2D eigenvalue weighted by atomic mass is 9.95. The van der Waals surface area contributed by atoms with Crippen LogP contribution in [0.2, 0.25) is 0 Å². The molecule has 26 heavy (non-hydrogen) atoms. The van der Waals surface area contributed by atoms with Crippen molar-refractivity contribution < 1.29 is 14.3 Å². The zero-order valence-corrected chi connectivity index (χ0v) is 17.5. The van der Waals surface area contributed by atoms with Crippen LogP contribution in [0, 0.1) is 17.3 Å². The molecule has 0 saturated heterocycles. The van der Waals surface area contributed by atoms with Gasteiger partial charge >= 0.3 is 5.97 Å². The second-order valence-electron chi connectivity index (χ2n) is 7.41. The van der Waals surface area contributed by atoms with Crippen molar-refractivity contribution in [3.05, 3.63) is 26.6 Å². The van der Waals surface area contributed by atoms with Crippen LogP contribution >= 0.6 is 34.5 Å². The molecule has 0 radical (unpaired) electrons. The van der Waals surface area contributed by atoms with Gasteiger partial charge in [-0.25, -0.2) is 4.79 Å². The molecular formula is C19H23Cl2NO3S. The number of rotatable bonds is 5. The summed E-state index contributed by atoms with van der Waals surface area (Å²) in [5, 5.41) is 3.60. The van der Waals surface area contributed by atoms with E-state index in [1.165, 1.54) is 16.2 Å². The van der Waals surface area contributed by atoms with E-state index in [9.17, 15) is 9.59 Å². The smallest absolute Gasteiger partial charge is 0.341 e. The molecule has 1 heterocycles. The monoisotopic (exact) mass is 415 g/mol. The summed E-state index contributed by atoms with van der Waals surface area (Å²) in [4.78, 5) is 26.5. The number of halogens is 2. The molecule has 0 aliphatic heterocycles. The minimum atomic E-state index is -0.350. The summed E-state index contributed by atoms with van der Waals surface area (Å²) in [6.45, 7) is 6.13. The van der Waals surface area contributed by atoms with Crippen molar-refractivity contribution in [3.63, 3.8) is 0 Å². The average molecular weight is 416 g/mol. The van der Waals surface area contributed by atoms with Gasteiger partial charge in [-0.05, 0) is 55.6 Å². The number of anilines is 1. The Kier molecular flexibility index (Phi) is 5.71. The van der Waals surface area contributed by atoms with Crippen molar-refractivity contribution in [1.29, 1.82) is 0 Å². The maximum Gasteiger partial charge on any atom is 0.341 e. The highest BCUT2D eigenvalue weighted by Gasteiger charge is 2.60. The van der Waals surface area contributed by atoms with Gasteiger partial charge in [0, 0.05) is 4.88 Å². The Bertz CT molecular complexity index is 765. The molecule has 0 bridgehead atoms. The van der Waals surface area contributed by atoms with Gasteiger partial charge in [-0.2, -0.15) is 0 Å². The van der Waals surface area contributed by atoms with E-state index in [-0.39, 0.29) is 33.6 Å². The Morgan fingerprint density at radius 2 is 2.00 bits per heavy atom. The van der Waals surface area contributed by atoms with Crippen LogP contribution < -0.4 is 5.32 Å². The van der Waals surface area contributed by atoms with Gasteiger partial charge in [0.2, 0.25) is 5.91 Å². The first kappa shape index (κ1) is 19.7. The van der Waals surface area contributed by atoms with Crippen molar-refractivity contribution in [3.8, 4) is 0 Å². The van der Waals surface area contributed by atoms with Crippen LogP contribution in [0.5, 0.6) is 0 Å². The number of fused-ring (bicyclic) bond motifs is 1. The summed E-state index contributed by atoms with van der Waals surface area (Å²) >= 11 is 13.1. The number of ether oxygens (including phenoxy) is 1. The third-order valence-electron chi connectivity index (χ3n) is 5.39. The molecule has 1 aromatic heterocycles. The molecule has 2 aliphatic carbocycles. The van der Waals surface area contributed by atoms with Crippen LogP contribution in [0.25, 0.3) is 0 Å². The van der Waals surface area contributed by atoms with Crippen LogP contribution in [0.4, 0.5) is 5.00 Å². The summed E-state index contributed by atoms with van der Waals surface area (Å²) in [5.41, 5.74) is 1.38. The van der Waals surface area contributed by atoms with Crippen molar-refractivity contribution in [2.24, 2.45) is 17.3 Å². The lowest BCUT2D eigenvalue weighted by molar-refractivity contribution is -0.118. The maximum atomic E-state index is 12.9. The van der Waals surface area contributed by atoms with Crippen molar-refractivity contribution in [2.45, 2.75) is 46.5 Å². The van der Waals surface area contributed by atoms with Crippen LogP contribution in [-0.4, -0.2) is 18.5 Å². The number of hydrogen-bond acceptors (Lipinski definition) is 4. The molecule has 2 aliphatic rings. The van der Waals surface area contributed by atoms with Crippen LogP contribution in [0.1, 0.15) is 54.4 Å². The van der Waals surface area contributed by atoms with Gasteiger partial charge in [-0.15, -0.1) is 11.3 Å². The van der Waals surface area contributed by atoms with Crippen molar-refractivity contribution in [2.75, 3.05) is 11.9 Å². The SMILES string of the molecule is CCOC(=O)c1c(NC(=O)[C@H]2[C@@H](C=C(Cl)Cl)C2(C)C)sc2c1CCCC2.